The number of ether oxygens (including phenoxy) is 1. The fraction of sp³-hybridized carbons (Fsp3) is 0.333. The predicted molar refractivity (Wildman–Crippen MR) is 50.3 cm³/mol. The van der Waals surface area contributed by atoms with Gasteiger partial charge in [-0.15, -0.1) is 11.3 Å². The van der Waals surface area contributed by atoms with Crippen molar-refractivity contribution in [3.8, 4) is 0 Å². The fourth-order valence-corrected chi connectivity index (χ4v) is 1.62. The molecule has 1 rings (SSSR count). The lowest BCUT2D eigenvalue weighted by Crippen LogP contribution is -2.02. The van der Waals surface area contributed by atoms with Crippen LogP contribution in [0.1, 0.15) is 33.9 Å². The lowest BCUT2D eigenvalue weighted by Gasteiger charge is -1.96. The first-order chi connectivity index (χ1) is 6.15. The normalized spacial score (nSPS) is 9.69. The van der Waals surface area contributed by atoms with Gasteiger partial charge in [0.1, 0.15) is 0 Å². The van der Waals surface area contributed by atoms with Crippen molar-refractivity contribution >= 4 is 23.1 Å². The van der Waals surface area contributed by atoms with Crippen LogP contribution in [0, 0.1) is 0 Å². The van der Waals surface area contributed by atoms with Gasteiger partial charge in [0.15, 0.2) is 5.78 Å². The number of carbonyl (C=O) groups excluding carboxylic acids is 2. The summed E-state index contributed by atoms with van der Waals surface area (Å²) in [6, 6.07) is 1.56. The van der Waals surface area contributed by atoms with Crippen LogP contribution in [0.5, 0.6) is 0 Å². The van der Waals surface area contributed by atoms with Crippen LogP contribution in [0.2, 0.25) is 0 Å². The smallest absolute Gasteiger partial charge is 0.338 e. The number of hydrogen-bond donors (Lipinski definition) is 0. The molecule has 1 heterocycles. The minimum Gasteiger partial charge on any atom is -0.462 e. The number of ketones is 1. The summed E-state index contributed by atoms with van der Waals surface area (Å²) in [5.41, 5.74) is 0.456. The van der Waals surface area contributed by atoms with E-state index >= 15 is 0 Å². The van der Waals surface area contributed by atoms with E-state index in [1.165, 1.54) is 18.3 Å². The van der Waals surface area contributed by atoms with E-state index in [0.29, 0.717) is 17.0 Å². The molecule has 4 heteroatoms. The zero-order valence-electron chi connectivity index (χ0n) is 7.49. The standard InChI is InChI=1S/C9H10O3S/c1-3-12-9(11)7-4-8(6(2)10)13-5-7/h4-5H,3H2,1-2H3. The Morgan fingerprint density at radius 1 is 1.54 bits per heavy atom. The zero-order valence-corrected chi connectivity index (χ0v) is 8.31. The number of carbonyl (C=O) groups is 2. The Hall–Kier alpha value is -1.16. The van der Waals surface area contributed by atoms with E-state index in [1.807, 2.05) is 0 Å². The van der Waals surface area contributed by atoms with E-state index in [0.717, 1.165) is 0 Å². The van der Waals surface area contributed by atoms with Gasteiger partial charge in [-0.2, -0.15) is 0 Å². The minimum absolute atomic E-state index is 0.0273. The summed E-state index contributed by atoms with van der Waals surface area (Å²) in [5.74, 6) is -0.396. The molecule has 0 saturated carbocycles. The van der Waals surface area contributed by atoms with Crippen molar-refractivity contribution in [1.82, 2.24) is 0 Å². The van der Waals surface area contributed by atoms with E-state index in [2.05, 4.69) is 0 Å². The lowest BCUT2D eigenvalue weighted by molar-refractivity contribution is 0.0527. The summed E-state index contributed by atoms with van der Waals surface area (Å²) in [4.78, 5) is 22.6. The average molecular weight is 198 g/mol. The van der Waals surface area contributed by atoms with Gasteiger partial charge in [0.2, 0.25) is 0 Å². The third-order valence-electron chi connectivity index (χ3n) is 1.46. The number of Topliss-reactive ketones (excluding diaryl/α,β-unsaturated/α-hetero) is 1. The molecule has 0 aromatic carbocycles. The van der Waals surface area contributed by atoms with Crippen LogP contribution in [-0.4, -0.2) is 18.4 Å². The molecule has 0 aliphatic carbocycles. The molecule has 1 aromatic heterocycles. The van der Waals surface area contributed by atoms with E-state index in [9.17, 15) is 9.59 Å². The van der Waals surface area contributed by atoms with Gasteiger partial charge < -0.3 is 4.74 Å². The van der Waals surface area contributed by atoms with Gasteiger partial charge in [-0.25, -0.2) is 4.79 Å². The Morgan fingerprint density at radius 2 is 2.23 bits per heavy atom. The predicted octanol–water partition coefficient (Wildman–Crippen LogP) is 2.13. The van der Waals surface area contributed by atoms with Crippen molar-refractivity contribution in [3.63, 3.8) is 0 Å². The highest BCUT2D eigenvalue weighted by molar-refractivity contribution is 7.12. The second-order valence-corrected chi connectivity index (χ2v) is 3.39. The summed E-state index contributed by atoms with van der Waals surface area (Å²) in [6.45, 7) is 3.57. The van der Waals surface area contributed by atoms with Crippen LogP contribution in [-0.2, 0) is 4.74 Å². The van der Waals surface area contributed by atoms with Gasteiger partial charge in [0, 0.05) is 5.38 Å². The van der Waals surface area contributed by atoms with E-state index in [-0.39, 0.29) is 11.8 Å². The molecule has 0 N–H and O–H groups in total. The molecular weight excluding hydrogens is 188 g/mol. The zero-order chi connectivity index (χ0) is 9.84. The first-order valence-electron chi connectivity index (χ1n) is 3.91. The third-order valence-corrected chi connectivity index (χ3v) is 2.49. The monoisotopic (exact) mass is 198 g/mol. The van der Waals surface area contributed by atoms with Crippen molar-refractivity contribution < 1.29 is 14.3 Å². The second kappa shape index (κ2) is 4.18. The van der Waals surface area contributed by atoms with Crippen molar-refractivity contribution in [2.45, 2.75) is 13.8 Å². The maximum atomic E-state index is 11.2. The molecular formula is C9H10O3S. The number of esters is 1. The van der Waals surface area contributed by atoms with Crippen molar-refractivity contribution in [2.75, 3.05) is 6.61 Å². The maximum absolute atomic E-state index is 11.2. The van der Waals surface area contributed by atoms with Crippen LogP contribution < -0.4 is 0 Å². The van der Waals surface area contributed by atoms with Gasteiger partial charge in [0.25, 0.3) is 0 Å². The summed E-state index contributed by atoms with van der Waals surface area (Å²) < 4.78 is 4.78. The Kier molecular flexibility index (Phi) is 3.19. The highest BCUT2D eigenvalue weighted by Gasteiger charge is 2.10. The minimum atomic E-state index is -0.369. The molecule has 13 heavy (non-hydrogen) atoms. The van der Waals surface area contributed by atoms with Gasteiger partial charge in [-0.3, -0.25) is 4.79 Å². The number of rotatable bonds is 3. The SMILES string of the molecule is CCOC(=O)c1csc(C(C)=O)c1. The van der Waals surface area contributed by atoms with Crippen LogP contribution in [0.15, 0.2) is 11.4 Å². The molecule has 0 aliphatic rings. The van der Waals surface area contributed by atoms with Crippen LogP contribution in [0.4, 0.5) is 0 Å². The van der Waals surface area contributed by atoms with Crippen molar-refractivity contribution in [2.24, 2.45) is 0 Å². The second-order valence-electron chi connectivity index (χ2n) is 2.48. The Balaban J connectivity index is 2.79. The third kappa shape index (κ3) is 2.39. The highest BCUT2D eigenvalue weighted by Crippen LogP contribution is 2.15. The summed E-state index contributed by atoms with van der Waals surface area (Å²) in [5, 5.41) is 1.63. The largest absolute Gasteiger partial charge is 0.462 e. The van der Waals surface area contributed by atoms with E-state index < -0.39 is 0 Å². The Labute approximate surface area is 80.3 Å². The molecule has 1 aromatic rings. The number of thiophene rings is 1. The topological polar surface area (TPSA) is 43.4 Å². The molecule has 0 fully saturated rings. The van der Waals surface area contributed by atoms with Gasteiger partial charge in [0.05, 0.1) is 17.0 Å². The molecule has 0 unspecified atom stereocenters. The molecule has 0 spiro atoms. The molecule has 0 atom stereocenters. The molecule has 0 bridgehead atoms. The average Bonchev–Trinajstić information content (AvgIpc) is 2.52. The van der Waals surface area contributed by atoms with Crippen molar-refractivity contribution in [1.29, 1.82) is 0 Å². The van der Waals surface area contributed by atoms with E-state index in [4.69, 9.17) is 4.74 Å². The molecule has 0 aliphatic heterocycles. The summed E-state index contributed by atoms with van der Waals surface area (Å²) >= 11 is 1.26. The van der Waals surface area contributed by atoms with Crippen LogP contribution >= 0.6 is 11.3 Å². The summed E-state index contributed by atoms with van der Waals surface area (Å²) in [6.07, 6.45) is 0. The first kappa shape index (κ1) is 9.92. The lowest BCUT2D eigenvalue weighted by atomic mass is 10.3. The van der Waals surface area contributed by atoms with E-state index in [1.54, 1.807) is 18.4 Å². The molecule has 70 valence electrons. The first-order valence-corrected chi connectivity index (χ1v) is 4.79. The maximum Gasteiger partial charge on any atom is 0.338 e. The van der Waals surface area contributed by atoms with Gasteiger partial charge >= 0.3 is 5.97 Å². The molecule has 0 radical (unpaired) electrons. The van der Waals surface area contributed by atoms with Gasteiger partial charge in [-0.05, 0) is 19.9 Å². The van der Waals surface area contributed by atoms with Crippen LogP contribution in [0.25, 0.3) is 0 Å². The van der Waals surface area contributed by atoms with Gasteiger partial charge in [-0.1, -0.05) is 0 Å². The molecule has 0 saturated heterocycles. The van der Waals surface area contributed by atoms with Crippen LogP contribution in [0.3, 0.4) is 0 Å². The highest BCUT2D eigenvalue weighted by atomic mass is 32.1. The number of hydrogen-bond acceptors (Lipinski definition) is 4. The Morgan fingerprint density at radius 3 is 2.69 bits per heavy atom. The molecule has 3 nitrogen and oxygen atoms in total. The van der Waals surface area contributed by atoms with Crippen molar-refractivity contribution in [3.05, 3.63) is 21.9 Å². The molecule has 0 amide bonds. The Bertz CT molecular complexity index is 327. The quantitative estimate of drug-likeness (QED) is 0.552. The summed E-state index contributed by atoms with van der Waals surface area (Å²) in [7, 11) is 0. The fourth-order valence-electron chi connectivity index (χ4n) is 0.842.